The van der Waals surface area contributed by atoms with Crippen molar-refractivity contribution in [3.63, 3.8) is 0 Å². The zero-order valence-electron chi connectivity index (χ0n) is 21.4. The smallest absolute Gasteiger partial charge is 0.115 e. The summed E-state index contributed by atoms with van der Waals surface area (Å²) < 4.78 is 0. The highest BCUT2D eigenvalue weighted by Gasteiger charge is 2.22. The predicted molar refractivity (Wildman–Crippen MR) is 158 cm³/mol. The second kappa shape index (κ2) is 10.3. The Kier molecular flexibility index (Phi) is 6.03. The molecule has 0 fully saturated rings. The normalized spacial score (nSPS) is 14.9. The highest BCUT2D eigenvalue weighted by molar-refractivity contribution is 6.21. The number of pyridine rings is 4. The summed E-state index contributed by atoms with van der Waals surface area (Å²) in [4.78, 5) is 28.3. The summed E-state index contributed by atoms with van der Waals surface area (Å²) in [5.41, 5.74) is 10.6. The van der Waals surface area contributed by atoms with Gasteiger partial charge in [0.15, 0.2) is 0 Å². The van der Waals surface area contributed by atoms with Gasteiger partial charge in [0.05, 0.1) is 22.8 Å². The van der Waals surface area contributed by atoms with Gasteiger partial charge < -0.3 is 0 Å². The van der Waals surface area contributed by atoms with E-state index in [1.807, 2.05) is 60.9 Å². The molecule has 0 saturated carbocycles. The summed E-state index contributed by atoms with van der Waals surface area (Å²) in [6.07, 6.45) is 10.8. The maximum Gasteiger partial charge on any atom is 0.115 e. The van der Waals surface area contributed by atoms with Gasteiger partial charge in [-0.3, -0.25) is 19.9 Å². The van der Waals surface area contributed by atoms with Crippen LogP contribution in [-0.2, 0) is 0 Å². The molecule has 7 rings (SSSR count). The fourth-order valence-electron chi connectivity index (χ4n) is 4.80. The van der Waals surface area contributed by atoms with E-state index < -0.39 is 0 Å². The van der Waals surface area contributed by atoms with Crippen molar-refractivity contribution in [2.45, 2.75) is 0 Å². The molecule has 0 unspecified atom stereocenters. The molecule has 0 spiro atoms. The highest BCUT2D eigenvalue weighted by atomic mass is 14.9. The first kappa shape index (κ1) is 23.5. The Bertz CT molecular complexity index is 1720. The number of hydrogen-bond acceptors (Lipinski definition) is 6. The summed E-state index contributed by atoms with van der Waals surface area (Å²) in [6, 6.07) is 32.3. The van der Waals surface area contributed by atoms with Crippen molar-refractivity contribution in [3.8, 4) is 22.3 Å². The molecule has 0 atom stereocenters. The molecule has 0 bridgehead atoms. The fraction of sp³-hybridized carbons (Fsp3) is 0. The van der Waals surface area contributed by atoms with E-state index in [1.165, 1.54) is 0 Å². The molecular weight excluding hydrogens is 492 g/mol. The second-order valence-corrected chi connectivity index (χ2v) is 9.30. The lowest BCUT2D eigenvalue weighted by Gasteiger charge is -2.17. The first-order valence-corrected chi connectivity index (χ1v) is 12.9. The topological polar surface area (TPSA) is 76.3 Å². The fourth-order valence-corrected chi connectivity index (χ4v) is 4.80. The van der Waals surface area contributed by atoms with Gasteiger partial charge in [0, 0.05) is 48.3 Å². The molecule has 188 valence electrons. The third-order valence-electron chi connectivity index (χ3n) is 6.79. The molecule has 5 heterocycles. The van der Waals surface area contributed by atoms with E-state index in [2.05, 4.69) is 58.5 Å². The number of aliphatic imine (C=N–C) groups is 2. The monoisotopic (exact) mass is 514 g/mol. The molecule has 6 heteroatoms. The number of hydrogen-bond donors (Lipinski definition) is 0. The quantitative estimate of drug-likeness (QED) is 0.248. The number of rotatable bonds is 4. The van der Waals surface area contributed by atoms with Crippen LogP contribution in [0.3, 0.4) is 0 Å². The van der Waals surface area contributed by atoms with Crippen molar-refractivity contribution in [1.82, 2.24) is 19.9 Å². The maximum absolute atomic E-state index is 5.14. The molecule has 6 aromatic rings. The van der Waals surface area contributed by atoms with Crippen molar-refractivity contribution in [2.75, 3.05) is 0 Å². The van der Waals surface area contributed by atoms with E-state index in [1.54, 1.807) is 24.8 Å². The Morgan fingerprint density at radius 3 is 1.15 bits per heavy atom. The SMILES string of the molecule is c1cncc(-c2ccc(/C3=N/c4cccnc4/C(c4ccc(-c5cccnc5)cc4)=N\c4cccnc43)cc2)c1. The Hall–Kier alpha value is -5.62. The molecule has 0 aliphatic carbocycles. The first-order chi connectivity index (χ1) is 19.8. The van der Waals surface area contributed by atoms with Crippen LogP contribution in [0.1, 0.15) is 22.5 Å². The van der Waals surface area contributed by atoms with Crippen molar-refractivity contribution in [1.29, 1.82) is 0 Å². The summed E-state index contributed by atoms with van der Waals surface area (Å²) >= 11 is 0. The maximum atomic E-state index is 5.14. The van der Waals surface area contributed by atoms with Gasteiger partial charge in [0.25, 0.3) is 0 Å². The number of nitrogens with zero attached hydrogens (tertiary/aromatic N) is 6. The standard InChI is InChI=1S/C34H22N6/c1-5-27(21-35-17-1)23-9-13-25(14-10-23)31-33-29(7-3-19-37-33)40-32(34-30(39-31)8-4-20-38-34)26-15-11-24(12-16-26)28-6-2-18-36-22-28/h1-22H/b33-31?,34-32?,39-30?,39-31-,40-29?,40-32-. The Labute approximate surface area is 231 Å². The minimum atomic E-state index is 0.718. The molecule has 6 nitrogen and oxygen atoms in total. The first-order valence-electron chi connectivity index (χ1n) is 12.9. The van der Waals surface area contributed by atoms with Gasteiger partial charge in [-0.1, -0.05) is 60.7 Å². The van der Waals surface area contributed by atoms with E-state index in [0.29, 0.717) is 0 Å². The lowest BCUT2D eigenvalue weighted by atomic mass is 9.98. The van der Waals surface area contributed by atoms with Crippen molar-refractivity contribution < 1.29 is 0 Å². The molecule has 0 amide bonds. The van der Waals surface area contributed by atoms with Gasteiger partial charge in [-0.15, -0.1) is 0 Å². The molecule has 2 aromatic carbocycles. The van der Waals surface area contributed by atoms with Crippen LogP contribution in [0, 0.1) is 0 Å². The molecule has 1 aliphatic heterocycles. The van der Waals surface area contributed by atoms with Gasteiger partial charge in [-0.25, -0.2) is 9.98 Å². The van der Waals surface area contributed by atoms with E-state index in [-0.39, 0.29) is 0 Å². The summed E-state index contributed by atoms with van der Waals surface area (Å²) in [5, 5.41) is 0. The van der Waals surface area contributed by atoms with Crippen LogP contribution in [0.2, 0.25) is 0 Å². The van der Waals surface area contributed by atoms with Gasteiger partial charge in [-0.2, -0.15) is 0 Å². The molecule has 0 saturated heterocycles. The third-order valence-corrected chi connectivity index (χ3v) is 6.79. The minimum Gasteiger partial charge on any atom is -0.264 e. The summed E-state index contributed by atoms with van der Waals surface area (Å²) in [5.74, 6) is 0. The van der Waals surface area contributed by atoms with Crippen LogP contribution >= 0.6 is 0 Å². The molecule has 1 aliphatic rings. The van der Waals surface area contributed by atoms with Gasteiger partial charge in [-0.05, 0) is 58.7 Å². The average Bonchev–Trinajstić information content (AvgIpc) is 3.03. The Morgan fingerprint density at radius 2 is 0.750 bits per heavy atom. The minimum absolute atomic E-state index is 0.718. The van der Waals surface area contributed by atoms with Crippen molar-refractivity contribution >= 4 is 22.8 Å². The lowest BCUT2D eigenvalue weighted by Crippen LogP contribution is -2.12. The molecule has 0 N–H and O–H groups in total. The van der Waals surface area contributed by atoms with E-state index in [9.17, 15) is 0 Å². The molecule has 4 aromatic heterocycles. The molecule has 0 radical (unpaired) electrons. The van der Waals surface area contributed by atoms with Crippen molar-refractivity contribution in [3.05, 3.63) is 157 Å². The van der Waals surface area contributed by atoms with Crippen LogP contribution in [0.5, 0.6) is 0 Å². The van der Waals surface area contributed by atoms with Crippen LogP contribution in [0.15, 0.2) is 144 Å². The van der Waals surface area contributed by atoms with Crippen LogP contribution in [0.4, 0.5) is 11.4 Å². The third kappa shape index (κ3) is 4.48. The Morgan fingerprint density at radius 1 is 0.350 bits per heavy atom. The molecule has 40 heavy (non-hydrogen) atoms. The number of aromatic nitrogens is 4. The summed E-state index contributed by atoms with van der Waals surface area (Å²) in [7, 11) is 0. The summed E-state index contributed by atoms with van der Waals surface area (Å²) in [6.45, 7) is 0. The highest BCUT2D eigenvalue weighted by Crippen LogP contribution is 2.32. The van der Waals surface area contributed by atoms with Crippen LogP contribution in [-0.4, -0.2) is 31.4 Å². The molecular formula is C34H22N6. The van der Waals surface area contributed by atoms with Crippen LogP contribution in [0.25, 0.3) is 22.3 Å². The van der Waals surface area contributed by atoms with Crippen molar-refractivity contribution in [2.24, 2.45) is 9.98 Å². The van der Waals surface area contributed by atoms with E-state index in [0.717, 1.165) is 67.6 Å². The van der Waals surface area contributed by atoms with Gasteiger partial charge in [0.1, 0.15) is 11.4 Å². The Balaban J connectivity index is 1.34. The zero-order valence-corrected chi connectivity index (χ0v) is 21.4. The number of fused-ring (bicyclic) bond motifs is 2. The van der Waals surface area contributed by atoms with E-state index >= 15 is 0 Å². The largest absolute Gasteiger partial charge is 0.264 e. The van der Waals surface area contributed by atoms with E-state index in [4.69, 9.17) is 20.0 Å². The van der Waals surface area contributed by atoms with Gasteiger partial charge in [0.2, 0.25) is 0 Å². The van der Waals surface area contributed by atoms with Gasteiger partial charge >= 0.3 is 0 Å². The average molecular weight is 515 g/mol. The van der Waals surface area contributed by atoms with Crippen LogP contribution < -0.4 is 0 Å². The second-order valence-electron chi connectivity index (χ2n) is 9.30. The zero-order chi connectivity index (χ0) is 26.7. The lowest BCUT2D eigenvalue weighted by molar-refractivity contribution is 1.22. The number of benzene rings is 2. The predicted octanol–water partition coefficient (Wildman–Crippen LogP) is 7.25.